The third-order valence-electron chi connectivity index (χ3n) is 6.96. The van der Waals surface area contributed by atoms with Crippen molar-refractivity contribution in [3.05, 3.63) is 60.7 Å². The van der Waals surface area contributed by atoms with Gasteiger partial charge >= 0.3 is 20.8 Å². The van der Waals surface area contributed by atoms with Gasteiger partial charge in [-0.15, -0.1) is 10.2 Å². The molecule has 0 heterocycles. The Morgan fingerprint density at radius 2 is 0.895 bits per heavy atom. The fraction of sp³-hybridized carbons (Fsp3) is 0.154. The molecule has 24 nitrogen and oxygen atoms in total. The Labute approximate surface area is 346 Å². The Morgan fingerprint density at radius 1 is 0.544 bits per heavy atom. The monoisotopic (exact) mass is 926 g/mol. The van der Waals surface area contributed by atoms with E-state index in [4.69, 9.17) is 14.8 Å². The predicted molar refractivity (Wildman–Crippen MR) is 196 cm³/mol. The van der Waals surface area contributed by atoms with Gasteiger partial charge in [0.1, 0.15) is 21.2 Å². The number of benzene rings is 4. The van der Waals surface area contributed by atoms with Crippen molar-refractivity contribution in [2.24, 2.45) is 20.5 Å². The maximum Gasteiger partial charge on any atom is 0.397 e. The van der Waals surface area contributed by atoms with Crippen molar-refractivity contribution in [3.63, 3.8) is 0 Å². The minimum Gasteiger partial charge on any atom is -0.505 e. The van der Waals surface area contributed by atoms with E-state index in [1.807, 2.05) is 0 Å². The molecule has 31 heteroatoms. The van der Waals surface area contributed by atoms with E-state index < -0.39 is 129 Å². The second-order valence-corrected chi connectivity index (χ2v) is 20.0. The number of nitrogens with zero attached hydrogens (tertiary/aromatic N) is 4. The third kappa shape index (κ3) is 12.7. The van der Waals surface area contributed by atoms with Crippen molar-refractivity contribution in [1.29, 1.82) is 0 Å². The SMILES string of the molecule is Nc1c(N=Nc2ccc(S(=O)(=O)CCOS(=O)(=O)O)cc2)c(S(=O)(=O)O)cc2cc(S(=O)(=O)O)c(N=Nc3ccc(S(=O)(=O)CCOS(=O)(=O)O)cc3)c(O)c12.[Na]. The maximum atomic E-state index is 12.5. The number of azo groups is 2. The summed E-state index contributed by atoms with van der Waals surface area (Å²) in [6.45, 7) is -1.83. The molecule has 0 bridgehead atoms. The molecule has 305 valence electrons. The van der Waals surface area contributed by atoms with Crippen molar-refractivity contribution in [1.82, 2.24) is 0 Å². The first-order chi connectivity index (χ1) is 25.6. The van der Waals surface area contributed by atoms with E-state index in [0.29, 0.717) is 12.1 Å². The summed E-state index contributed by atoms with van der Waals surface area (Å²) >= 11 is 0. The minimum atomic E-state index is -5.29. The molecule has 0 amide bonds. The molecular weight excluding hydrogens is 902 g/mol. The average molecular weight is 927 g/mol. The standard InChI is InChI=1S/C26H25N5O19S6.Na/c27-23-22-15(13-20(53(37,38)39)24(23)30-28-16-1-5-18(6-2-16)51(33,34)11-9-49-55(43,44)45)14-21(54(40,41)42)25(26(22)32)31-29-17-3-7-19(8-4-17)52(35,36)12-10-50-56(46,47)48;/h1-8,13-14,32H,9-12,27H2,(H,37,38,39)(H,40,41,42)(H,43,44,45)(H,46,47,48);. The van der Waals surface area contributed by atoms with Gasteiger partial charge < -0.3 is 10.8 Å². The molecule has 0 saturated heterocycles. The van der Waals surface area contributed by atoms with Gasteiger partial charge in [-0.2, -0.15) is 43.9 Å². The predicted octanol–water partition coefficient (Wildman–Crippen LogP) is 2.26. The Bertz CT molecular complexity index is 2750. The minimum absolute atomic E-state index is 0. The van der Waals surface area contributed by atoms with Gasteiger partial charge in [0.2, 0.25) is 0 Å². The summed E-state index contributed by atoms with van der Waals surface area (Å²) in [5, 5.41) is 25.0. The Hall–Kier alpha value is -3.60. The number of sulfone groups is 2. The molecule has 57 heavy (non-hydrogen) atoms. The first-order valence-electron chi connectivity index (χ1n) is 14.4. The summed E-state index contributed by atoms with van der Waals surface area (Å²) in [5.41, 5.74) is 3.29. The van der Waals surface area contributed by atoms with E-state index in [2.05, 4.69) is 28.8 Å². The fourth-order valence-electron chi connectivity index (χ4n) is 4.49. The smallest absolute Gasteiger partial charge is 0.397 e. The molecule has 4 aromatic rings. The zero-order valence-electron chi connectivity index (χ0n) is 28.4. The quantitative estimate of drug-likeness (QED) is 0.0406. The van der Waals surface area contributed by atoms with Crippen LogP contribution in [0, 0.1) is 0 Å². The molecule has 0 fully saturated rings. The van der Waals surface area contributed by atoms with E-state index in [1.165, 1.54) is 0 Å². The maximum absolute atomic E-state index is 12.5. The number of hydrogen-bond donors (Lipinski definition) is 6. The van der Waals surface area contributed by atoms with Gasteiger partial charge in [-0.05, 0) is 66.0 Å². The Balaban J connectivity index is 0.00000870. The van der Waals surface area contributed by atoms with Gasteiger partial charge in [0.15, 0.2) is 25.4 Å². The van der Waals surface area contributed by atoms with Crippen LogP contribution in [0.3, 0.4) is 0 Å². The summed E-state index contributed by atoms with van der Waals surface area (Å²) in [5.74, 6) is -2.85. The number of phenolic OH excluding ortho intramolecular Hbond substituents is 1. The molecular formula is C26H25N5NaO19S6. The van der Waals surface area contributed by atoms with Gasteiger partial charge in [-0.3, -0.25) is 18.2 Å². The van der Waals surface area contributed by atoms with Crippen LogP contribution in [0.1, 0.15) is 0 Å². The van der Waals surface area contributed by atoms with Gasteiger partial charge in [0, 0.05) is 29.6 Å². The molecule has 0 aliphatic heterocycles. The number of nitrogen functional groups attached to an aromatic ring is 1. The Kier molecular flexibility index (Phi) is 14.8. The average Bonchev–Trinajstić information content (AvgIpc) is 3.05. The summed E-state index contributed by atoms with van der Waals surface area (Å²) in [7, 11) is -28.6. The first-order valence-corrected chi connectivity index (χ1v) is 23.3. The number of phenols is 1. The van der Waals surface area contributed by atoms with Crippen molar-refractivity contribution < 1.29 is 82.2 Å². The van der Waals surface area contributed by atoms with Crippen molar-refractivity contribution >= 4 is 129 Å². The number of hydrogen-bond acceptors (Lipinski definition) is 20. The summed E-state index contributed by atoms with van der Waals surface area (Å²) in [6, 6.07) is 9.46. The topological polar surface area (TPSA) is 400 Å². The van der Waals surface area contributed by atoms with E-state index in [0.717, 1.165) is 48.5 Å². The molecule has 0 aliphatic rings. The number of anilines is 1. The molecule has 7 N–H and O–H groups in total. The van der Waals surface area contributed by atoms with Crippen molar-refractivity contribution in [3.8, 4) is 5.75 Å². The van der Waals surface area contributed by atoms with Crippen LogP contribution in [-0.2, 0) is 69.1 Å². The number of rotatable bonds is 16. The number of fused-ring (bicyclic) bond motifs is 1. The molecule has 0 aromatic heterocycles. The first kappa shape index (κ1) is 47.8. The van der Waals surface area contributed by atoms with Gasteiger partial charge in [-0.25, -0.2) is 25.2 Å². The van der Waals surface area contributed by atoms with Crippen LogP contribution in [-0.4, -0.2) is 128 Å². The number of nitrogens with two attached hydrogens (primary N) is 1. The zero-order valence-corrected chi connectivity index (χ0v) is 35.3. The molecule has 0 atom stereocenters. The second kappa shape index (κ2) is 17.7. The molecule has 0 aliphatic carbocycles. The van der Waals surface area contributed by atoms with Crippen molar-refractivity contribution in [2.75, 3.05) is 30.5 Å². The van der Waals surface area contributed by atoms with E-state index >= 15 is 0 Å². The van der Waals surface area contributed by atoms with E-state index in [9.17, 15) is 64.7 Å². The van der Waals surface area contributed by atoms with Crippen molar-refractivity contribution in [2.45, 2.75) is 19.6 Å². The second-order valence-electron chi connectivity index (χ2n) is 10.8. The van der Waals surface area contributed by atoms with Gasteiger partial charge in [-0.1, -0.05) is 0 Å². The molecule has 0 saturated carbocycles. The summed E-state index contributed by atoms with van der Waals surface area (Å²) < 4.78 is 187. The van der Waals surface area contributed by atoms with E-state index in [1.54, 1.807) is 0 Å². The molecule has 0 unspecified atom stereocenters. The normalized spacial score (nSPS) is 13.3. The molecule has 4 rings (SSSR count). The zero-order chi connectivity index (χ0) is 42.1. The van der Waals surface area contributed by atoms with Crippen LogP contribution in [0.25, 0.3) is 10.8 Å². The fourth-order valence-corrected chi connectivity index (χ4v) is 8.80. The third-order valence-corrected chi connectivity index (χ3v) is 13.0. The van der Waals surface area contributed by atoms with Crippen LogP contribution in [0.5, 0.6) is 5.75 Å². The largest absolute Gasteiger partial charge is 0.505 e. The van der Waals surface area contributed by atoms with Gasteiger partial charge in [0.25, 0.3) is 20.2 Å². The number of aromatic hydroxyl groups is 1. The molecule has 1 radical (unpaired) electrons. The van der Waals surface area contributed by atoms with Crippen LogP contribution in [0.15, 0.2) is 101 Å². The summed E-state index contributed by atoms with van der Waals surface area (Å²) in [4.78, 5) is -2.93. The molecule has 4 aromatic carbocycles. The Morgan fingerprint density at radius 3 is 1.25 bits per heavy atom. The van der Waals surface area contributed by atoms with Crippen LogP contribution < -0.4 is 5.73 Å². The van der Waals surface area contributed by atoms with Gasteiger partial charge in [0.05, 0.1) is 57.0 Å². The summed E-state index contributed by atoms with van der Waals surface area (Å²) in [6.07, 6.45) is 0. The van der Waals surface area contributed by atoms with Crippen LogP contribution >= 0.6 is 0 Å². The van der Waals surface area contributed by atoms with Crippen LogP contribution in [0.4, 0.5) is 28.4 Å². The van der Waals surface area contributed by atoms with E-state index in [-0.39, 0.29) is 50.7 Å². The molecule has 0 spiro atoms. The van der Waals surface area contributed by atoms with Crippen LogP contribution in [0.2, 0.25) is 0 Å².